The van der Waals surface area contributed by atoms with Gasteiger partial charge in [-0.25, -0.2) is 4.39 Å². The van der Waals surface area contributed by atoms with Gasteiger partial charge in [0.2, 0.25) is 0 Å². The van der Waals surface area contributed by atoms with Crippen LogP contribution in [0.2, 0.25) is 0 Å². The van der Waals surface area contributed by atoms with E-state index in [0.29, 0.717) is 12.0 Å². The standard InChI is InChI=1S/C14H14FNO/c15-8-12-10-3-1-2-4-13(17)11(10)7-9-5-6-16-14(9)12/h5-7,16H,1-4,8H2. The third-order valence-corrected chi connectivity index (χ3v) is 3.58. The largest absolute Gasteiger partial charge is 0.361 e. The van der Waals surface area contributed by atoms with Crippen LogP contribution >= 0.6 is 0 Å². The summed E-state index contributed by atoms with van der Waals surface area (Å²) in [5.74, 6) is 0.162. The number of H-pyrrole nitrogens is 1. The SMILES string of the molecule is O=C1CCCCc2c1cc1cc[nH]c1c2CF. The number of aromatic nitrogens is 1. The molecular weight excluding hydrogens is 217 g/mol. The molecule has 17 heavy (non-hydrogen) atoms. The molecule has 0 saturated carbocycles. The Balaban J connectivity index is 2.34. The Kier molecular flexibility index (Phi) is 2.46. The molecule has 0 spiro atoms. The summed E-state index contributed by atoms with van der Waals surface area (Å²) in [6.45, 7) is -0.506. The van der Waals surface area contributed by atoms with Crippen molar-refractivity contribution in [2.75, 3.05) is 0 Å². The molecule has 3 rings (SSSR count). The van der Waals surface area contributed by atoms with Crippen LogP contribution in [-0.4, -0.2) is 10.8 Å². The zero-order valence-corrected chi connectivity index (χ0v) is 9.55. The number of carbonyl (C=O) groups excluding carboxylic acids is 1. The lowest BCUT2D eigenvalue weighted by molar-refractivity contribution is 0.0982. The molecule has 1 aliphatic rings. The van der Waals surface area contributed by atoms with E-state index in [2.05, 4.69) is 4.98 Å². The first-order chi connectivity index (χ1) is 8.31. The minimum absolute atomic E-state index is 0.162. The lowest BCUT2D eigenvalue weighted by Crippen LogP contribution is -2.03. The molecule has 0 unspecified atom stereocenters. The molecule has 3 heteroatoms. The van der Waals surface area contributed by atoms with Gasteiger partial charge in [-0.1, -0.05) is 0 Å². The first kappa shape index (κ1) is 10.5. The highest BCUT2D eigenvalue weighted by atomic mass is 19.1. The third kappa shape index (κ3) is 1.57. The number of Topliss-reactive ketones (excluding diaryl/α,β-unsaturated/α-hetero) is 1. The number of benzene rings is 1. The minimum atomic E-state index is -0.506. The Labute approximate surface area is 98.8 Å². The average molecular weight is 231 g/mol. The number of hydrogen-bond donors (Lipinski definition) is 1. The number of fused-ring (bicyclic) bond motifs is 2. The maximum Gasteiger partial charge on any atom is 0.163 e. The molecule has 1 aliphatic carbocycles. The molecule has 2 nitrogen and oxygen atoms in total. The van der Waals surface area contributed by atoms with E-state index in [1.807, 2.05) is 12.1 Å². The van der Waals surface area contributed by atoms with Crippen molar-refractivity contribution in [3.05, 3.63) is 35.0 Å². The molecule has 0 fully saturated rings. The molecule has 88 valence electrons. The van der Waals surface area contributed by atoms with Crippen LogP contribution in [0.15, 0.2) is 18.3 Å². The summed E-state index contributed by atoms with van der Waals surface area (Å²) < 4.78 is 13.2. The molecule has 0 aliphatic heterocycles. The fraction of sp³-hybridized carbons (Fsp3) is 0.357. The maximum atomic E-state index is 13.2. The normalized spacial score (nSPS) is 15.9. The van der Waals surface area contributed by atoms with E-state index in [0.717, 1.165) is 41.3 Å². The second kappa shape index (κ2) is 3.99. The number of carbonyl (C=O) groups is 1. The lowest BCUT2D eigenvalue weighted by atomic mass is 9.94. The van der Waals surface area contributed by atoms with Crippen molar-refractivity contribution in [2.45, 2.75) is 32.4 Å². The number of aromatic amines is 1. The van der Waals surface area contributed by atoms with Crippen molar-refractivity contribution in [3.8, 4) is 0 Å². The van der Waals surface area contributed by atoms with Gasteiger partial charge in [0.15, 0.2) is 5.78 Å². The number of halogens is 1. The summed E-state index contributed by atoms with van der Waals surface area (Å²) in [6, 6.07) is 3.81. The van der Waals surface area contributed by atoms with Crippen molar-refractivity contribution in [3.63, 3.8) is 0 Å². The highest BCUT2D eigenvalue weighted by molar-refractivity contribution is 6.02. The van der Waals surface area contributed by atoms with Crippen LogP contribution in [0.5, 0.6) is 0 Å². The van der Waals surface area contributed by atoms with Crippen molar-refractivity contribution < 1.29 is 9.18 Å². The summed E-state index contributed by atoms with van der Waals surface area (Å²) in [4.78, 5) is 15.1. The predicted octanol–water partition coefficient (Wildman–Crippen LogP) is 3.55. The molecule has 0 bridgehead atoms. The third-order valence-electron chi connectivity index (χ3n) is 3.58. The van der Waals surface area contributed by atoms with Crippen LogP contribution in [0.3, 0.4) is 0 Å². The molecule has 2 aromatic rings. The van der Waals surface area contributed by atoms with Gasteiger partial charge in [-0.2, -0.15) is 0 Å². The Morgan fingerprint density at radius 2 is 2.12 bits per heavy atom. The van der Waals surface area contributed by atoms with Crippen LogP contribution < -0.4 is 0 Å². The summed E-state index contributed by atoms with van der Waals surface area (Å²) in [7, 11) is 0. The van der Waals surface area contributed by atoms with Crippen molar-refractivity contribution >= 4 is 16.7 Å². The molecule has 0 radical (unpaired) electrons. The number of rotatable bonds is 1. The van der Waals surface area contributed by atoms with Gasteiger partial charge in [-0.3, -0.25) is 4.79 Å². The molecule has 1 aromatic carbocycles. The molecule has 0 saturated heterocycles. The van der Waals surface area contributed by atoms with E-state index in [4.69, 9.17) is 0 Å². The quantitative estimate of drug-likeness (QED) is 0.748. The number of nitrogens with one attached hydrogen (secondary N) is 1. The zero-order valence-electron chi connectivity index (χ0n) is 9.55. The Morgan fingerprint density at radius 1 is 1.29 bits per heavy atom. The van der Waals surface area contributed by atoms with E-state index in [1.54, 1.807) is 6.20 Å². The number of ketones is 1. The average Bonchev–Trinajstić information content (AvgIpc) is 2.72. The second-order valence-electron chi connectivity index (χ2n) is 4.59. The molecule has 0 atom stereocenters. The van der Waals surface area contributed by atoms with E-state index < -0.39 is 6.67 Å². The van der Waals surface area contributed by atoms with Crippen LogP contribution in [0, 0.1) is 0 Å². The van der Waals surface area contributed by atoms with Gasteiger partial charge in [0, 0.05) is 29.1 Å². The van der Waals surface area contributed by atoms with Crippen molar-refractivity contribution in [1.29, 1.82) is 0 Å². The summed E-state index contributed by atoms with van der Waals surface area (Å²) >= 11 is 0. The highest BCUT2D eigenvalue weighted by Gasteiger charge is 2.20. The van der Waals surface area contributed by atoms with Crippen LogP contribution in [0.25, 0.3) is 10.9 Å². The lowest BCUT2D eigenvalue weighted by Gasteiger charge is -2.10. The number of alkyl halides is 1. The van der Waals surface area contributed by atoms with E-state index in [9.17, 15) is 9.18 Å². The summed E-state index contributed by atoms with van der Waals surface area (Å²) in [5.41, 5.74) is 3.19. The van der Waals surface area contributed by atoms with Crippen molar-refractivity contribution in [1.82, 2.24) is 4.98 Å². The summed E-state index contributed by atoms with van der Waals surface area (Å²) in [6.07, 6.45) is 5.09. The van der Waals surface area contributed by atoms with Gasteiger partial charge in [-0.15, -0.1) is 0 Å². The Hall–Kier alpha value is -1.64. The van der Waals surface area contributed by atoms with Gasteiger partial charge in [0.1, 0.15) is 6.67 Å². The predicted molar refractivity (Wildman–Crippen MR) is 65.0 cm³/mol. The van der Waals surface area contributed by atoms with Crippen molar-refractivity contribution in [2.24, 2.45) is 0 Å². The van der Waals surface area contributed by atoms with Gasteiger partial charge < -0.3 is 4.98 Å². The Bertz CT molecular complexity index is 585. The topological polar surface area (TPSA) is 32.9 Å². The smallest absolute Gasteiger partial charge is 0.163 e. The fourth-order valence-corrected chi connectivity index (χ4v) is 2.72. The zero-order chi connectivity index (χ0) is 11.8. The highest BCUT2D eigenvalue weighted by Crippen LogP contribution is 2.30. The number of hydrogen-bond acceptors (Lipinski definition) is 1. The minimum Gasteiger partial charge on any atom is -0.361 e. The first-order valence-electron chi connectivity index (χ1n) is 6.02. The Morgan fingerprint density at radius 3 is 2.94 bits per heavy atom. The van der Waals surface area contributed by atoms with Gasteiger partial charge in [0.05, 0.1) is 5.52 Å². The van der Waals surface area contributed by atoms with Crippen LogP contribution in [-0.2, 0) is 13.1 Å². The maximum absolute atomic E-state index is 13.2. The summed E-state index contributed by atoms with van der Waals surface area (Å²) in [5, 5.41) is 0.937. The molecule has 1 heterocycles. The molecular formula is C14H14FNO. The van der Waals surface area contributed by atoms with E-state index in [1.165, 1.54) is 0 Å². The van der Waals surface area contributed by atoms with E-state index >= 15 is 0 Å². The van der Waals surface area contributed by atoms with Gasteiger partial charge in [0.25, 0.3) is 0 Å². The second-order valence-corrected chi connectivity index (χ2v) is 4.59. The van der Waals surface area contributed by atoms with Gasteiger partial charge in [-0.05, 0) is 37.0 Å². The molecule has 1 N–H and O–H groups in total. The van der Waals surface area contributed by atoms with Crippen LogP contribution in [0.1, 0.15) is 40.7 Å². The monoisotopic (exact) mass is 231 g/mol. The van der Waals surface area contributed by atoms with Crippen LogP contribution in [0.4, 0.5) is 4.39 Å². The first-order valence-corrected chi connectivity index (χ1v) is 6.02. The fourth-order valence-electron chi connectivity index (χ4n) is 2.72. The molecule has 0 amide bonds. The molecule has 1 aromatic heterocycles. The van der Waals surface area contributed by atoms with E-state index in [-0.39, 0.29) is 5.78 Å². The van der Waals surface area contributed by atoms with Gasteiger partial charge >= 0.3 is 0 Å².